The molecule has 1 amide bonds. The van der Waals surface area contributed by atoms with Crippen molar-refractivity contribution in [1.29, 1.82) is 0 Å². The molecule has 0 aliphatic carbocycles. The number of benzene rings is 1. The lowest BCUT2D eigenvalue weighted by Gasteiger charge is -2.31. The van der Waals surface area contributed by atoms with Gasteiger partial charge in [-0.15, -0.1) is 0 Å². The lowest BCUT2D eigenvalue weighted by Crippen LogP contribution is -2.35. The van der Waals surface area contributed by atoms with Gasteiger partial charge in [0.25, 0.3) is 0 Å². The Bertz CT molecular complexity index is 449. The first-order chi connectivity index (χ1) is 9.15. The quantitative estimate of drug-likeness (QED) is 0.725. The van der Waals surface area contributed by atoms with Gasteiger partial charge in [0, 0.05) is 6.54 Å². The largest absolute Gasteiger partial charge is 0.308 e. The highest BCUT2D eigenvalue weighted by Gasteiger charge is 2.24. The molecule has 1 heterocycles. The maximum absolute atomic E-state index is 11.9. The summed E-state index contributed by atoms with van der Waals surface area (Å²) in [5.74, 6) is 0.446. The summed E-state index contributed by atoms with van der Waals surface area (Å²) in [6, 6.07) is 6.35. The number of rotatable bonds is 2. The van der Waals surface area contributed by atoms with Crippen molar-refractivity contribution in [1.82, 2.24) is 0 Å². The van der Waals surface area contributed by atoms with Gasteiger partial charge in [0.1, 0.15) is 0 Å². The van der Waals surface area contributed by atoms with Gasteiger partial charge in [-0.05, 0) is 36.0 Å². The number of hydrogen-bond acceptors (Lipinski definition) is 1. The van der Waals surface area contributed by atoms with Gasteiger partial charge in [0.2, 0.25) is 5.91 Å². The third kappa shape index (κ3) is 3.25. The maximum Gasteiger partial charge on any atom is 0.250 e. The van der Waals surface area contributed by atoms with Crippen LogP contribution in [0.15, 0.2) is 30.9 Å². The molecule has 2 heteroatoms. The van der Waals surface area contributed by atoms with E-state index in [1.807, 2.05) is 18.7 Å². The molecular weight excluding hydrogens is 234 g/mol. The van der Waals surface area contributed by atoms with Crippen LogP contribution in [0.5, 0.6) is 0 Å². The monoisotopic (exact) mass is 259 g/mol. The number of carbonyl (C=O) groups is 1. The zero-order valence-electron chi connectivity index (χ0n) is 12.6. The van der Waals surface area contributed by atoms with Crippen molar-refractivity contribution in [3.8, 4) is 0 Å². The Balaban J connectivity index is 0.000000861. The molecule has 1 aromatic carbocycles. The van der Waals surface area contributed by atoms with E-state index >= 15 is 0 Å². The minimum Gasteiger partial charge on any atom is -0.308 e. The van der Waals surface area contributed by atoms with Gasteiger partial charge in [0.05, 0.1) is 5.69 Å². The summed E-state index contributed by atoms with van der Waals surface area (Å²) in [6.07, 6.45) is 3.51. The highest BCUT2D eigenvalue weighted by Crippen LogP contribution is 2.35. The summed E-state index contributed by atoms with van der Waals surface area (Å²) in [4.78, 5) is 13.8. The summed E-state index contributed by atoms with van der Waals surface area (Å²) >= 11 is 0. The molecule has 0 spiro atoms. The van der Waals surface area contributed by atoms with Gasteiger partial charge >= 0.3 is 0 Å². The topological polar surface area (TPSA) is 20.3 Å². The molecule has 0 fully saturated rings. The lowest BCUT2D eigenvalue weighted by atomic mass is 9.92. The van der Waals surface area contributed by atoms with Crippen molar-refractivity contribution in [2.75, 3.05) is 11.4 Å². The Morgan fingerprint density at radius 1 is 1.37 bits per heavy atom. The summed E-state index contributed by atoms with van der Waals surface area (Å²) in [7, 11) is 0. The molecule has 0 atom stereocenters. The first-order valence-corrected chi connectivity index (χ1v) is 7.21. The Morgan fingerprint density at radius 2 is 2.05 bits per heavy atom. The van der Waals surface area contributed by atoms with Gasteiger partial charge in [-0.3, -0.25) is 4.79 Å². The number of aryl methyl sites for hydroxylation is 1. The third-order valence-electron chi connectivity index (χ3n) is 3.31. The van der Waals surface area contributed by atoms with E-state index in [1.54, 1.807) is 0 Å². The molecule has 0 radical (unpaired) electrons. The number of amides is 1. The number of fused-ring (bicyclic) bond motifs is 1. The average molecular weight is 259 g/mol. The van der Waals surface area contributed by atoms with Gasteiger partial charge in [-0.25, -0.2) is 0 Å². The van der Waals surface area contributed by atoms with Crippen LogP contribution >= 0.6 is 0 Å². The van der Waals surface area contributed by atoms with Crippen LogP contribution in [0, 0.1) is 0 Å². The summed E-state index contributed by atoms with van der Waals surface area (Å²) < 4.78 is 0. The fraction of sp³-hybridized carbons (Fsp3) is 0.471. The van der Waals surface area contributed by atoms with Crippen LogP contribution in [0.1, 0.15) is 51.2 Å². The number of anilines is 1. The third-order valence-corrected chi connectivity index (χ3v) is 3.31. The van der Waals surface area contributed by atoms with E-state index in [1.165, 1.54) is 17.2 Å². The molecule has 0 saturated carbocycles. The van der Waals surface area contributed by atoms with Crippen LogP contribution in [-0.4, -0.2) is 12.5 Å². The van der Waals surface area contributed by atoms with E-state index < -0.39 is 0 Å². The molecule has 0 unspecified atom stereocenters. The zero-order valence-corrected chi connectivity index (χ0v) is 12.6. The van der Waals surface area contributed by atoms with Crippen molar-refractivity contribution in [2.24, 2.45) is 0 Å². The van der Waals surface area contributed by atoms with Crippen LogP contribution in [-0.2, 0) is 11.2 Å². The molecular formula is C17H25NO. The van der Waals surface area contributed by atoms with E-state index in [0.29, 0.717) is 5.92 Å². The summed E-state index contributed by atoms with van der Waals surface area (Å²) in [5.41, 5.74) is 3.67. The SMILES string of the molecule is C=CC(=O)N1CCCc2cccc(C(C)C)c21.CC. The van der Waals surface area contributed by atoms with E-state index in [0.717, 1.165) is 25.1 Å². The Labute approximate surface area is 117 Å². The molecule has 104 valence electrons. The van der Waals surface area contributed by atoms with E-state index in [9.17, 15) is 4.79 Å². The predicted molar refractivity (Wildman–Crippen MR) is 82.8 cm³/mol. The molecule has 19 heavy (non-hydrogen) atoms. The number of hydrogen-bond donors (Lipinski definition) is 0. The Morgan fingerprint density at radius 3 is 2.63 bits per heavy atom. The van der Waals surface area contributed by atoms with Crippen LogP contribution in [0.4, 0.5) is 5.69 Å². The fourth-order valence-electron chi connectivity index (χ4n) is 2.48. The fourth-order valence-corrected chi connectivity index (χ4v) is 2.48. The predicted octanol–water partition coefficient (Wildman–Crippen LogP) is 4.30. The van der Waals surface area contributed by atoms with Gasteiger partial charge in [0.15, 0.2) is 0 Å². The minimum absolute atomic E-state index is 0.0130. The summed E-state index contributed by atoms with van der Waals surface area (Å²) in [5, 5.41) is 0. The van der Waals surface area contributed by atoms with Crippen molar-refractivity contribution in [3.63, 3.8) is 0 Å². The van der Waals surface area contributed by atoms with E-state index in [2.05, 4.69) is 38.6 Å². The molecule has 0 bridgehead atoms. The average Bonchev–Trinajstić information content (AvgIpc) is 2.47. The number of nitrogens with zero attached hydrogens (tertiary/aromatic N) is 1. The second kappa shape index (κ2) is 7.13. The highest BCUT2D eigenvalue weighted by molar-refractivity contribution is 6.02. The van der Waals surface area contributed by atoms with Gasteiger partial charge in [-0.1, -0.05) is 52.5 Å². The molecule has 0 aromatic heterocycles. The van der Waals surface area contributed by atoms with E-state index in [4.69, 9.17) is 0 Å². The van der Waals surface area contributed by atoms with Crippen molar-refractivity contribution in [3.05, 3.63) is 42.0 Å². The zero-order chi connectivity index (χ0) is 14.4. The molecule has 0 saturated heterocycles. The van der Waals surface area contributed by atoms with Crippen molar-refractivity contribution >= 4 is 11.6 Å². The normalized spacial score (nSPS) is 13.4. The maximum atomic E-state index is 11.9. The Hall–Kier alpha value is -1.57. The molecule has 2 nitrogen and oxygen atoms in total. The first-order valence-electron chi connectivity index (χ1n) is 7.21. The lowest BCUT2D eigenvalue weighted by molar-refractivity contribution is -0.114. The van der Waals surface area contributed by atoms with Crippen LogP contribution in [0.2, 0.25) is 0 Å². The van der Waals surface area contributed by atoms with Crippen LogP contribution in [0.3, 0.4) is 0 Å². The van der Waals surface area contributed by atoms with Crippen LogP contribution < -0.4 is 4.90 Å². The summed E-state index contributed by atoms with van der Waals surface area (Å²) in [6.45, 7) is 12.7. The number of carbonyl (C=O) groups excluding carboxylic acids is 1. The second-order valence-corrected chi connectivity index (χ2v) is 4.81. The standard InChI is InChI=1S/C15H19NO.C2H6/c1-4-14(17)16-10-6-8-12-7-5-9-13(11(2)3)15(12)16;1-2/h4-5,7,9,11H,1,6,8,10H2,2-3H3;1-2H3. The van der Waals surface area contributed by atoms with Crippen LogP contribution in [0.25, 0.3) is 0 Å². The molecule has 0 N–H and O–H groups in total. The molecule has 2 rings (SSSR count). The van der Waals surface area contributed by atoms with Gasteiger partial charge in [-0.2, -0.15) is 0 Å². The second-order valence-electron chi connectivity index (χ2n) is 4.81. The van der Waals surface area contributed by atoms with Gasteiger partial charge < -0.3 is 4.90 Å². The first kappa shape index (κ1) is 15.5. The smallest absolute Gasteiger partial charge is 0.250 e. The molecule has 1 aliphatic rings. The number of para-hydroxylation sites is 1. The minimum atomic E-state index is 0.0130. The highest BCUT2D eigenvalue weighted by atomic mass is 16.2. The molecule has 1 aliphatic heterocycles. The molecule has 1 aromatic rings. The van der Waals surface area contributed by atoms with E-state index in [-0.39, 0.29) is 5.91 Å². The van der Waals surface area contributed by atoms with Crippen molar-refractivity contribution in [2.45, 2.75) is 46.5 Å². The van der Waals surface area contributed by atoms with Crippen molar-refractivity contribution < 1.29 is 4.79 Å². The Kier molecular flexibility index (Phi) is 5.81.